The Hall–Kier alpha value is -1.17. The summed E-state index contributed by atoms with van der Waals surface area (Å²) in [6.07, 6.45) is 4.16. The highest BCUT2D eigenvalue weighted by molar-refractivity contribution is 7.99. The molecule has 0 spiro atoms. The van der Waals surface area contributed by atoms with Gasteiger partial charge in [0, 0.05) is 11.3 Å². The summed E-state index contributed by atoms with van der Waals surface area (Å²) in [4.78, 5) is 12.2. The first-order chi connectivity index (χ1) is 9.17. The van der Waals surface area contributed by atoms with Crippen molar-refractivity contribution in [1.82, 2.24) is 15.5 Å². The number of nitrogen functional groups attached to an aromatic ring is 1. The number of nitrogens with zero attached hydrogens (tertiary/aromatic N) is 1. The quantitative estimate of drug-likeness (QED) is 0.771. The molecule has 1 saturated carbocycles. The van der Waals surface area contributed by atoms with Gasteiger partial charge in [-0.3, -0.25) is 9.89 Å². The zero-order chi connectivity index (χ0) is 13.8. The number of thioether (sulfide) groups is 1. The Morgan fingerprint density at radius 2 is 2.32 bits per heavy atom. The Morgan fingerprint density at radius 3 is 2.95 bits per heavy atom. The van der Waals surface area contributed by atoms with Gasteiger partial charge in [-0.15, -0.1) is 0 Å². The molecule has 0 bridgehead atoms. The molecule has 0 aromatic carbocycles. The Morgan fingerprint density at radius 1 is 1.53 bits per heavy atom. The van der Waals surface area contributed by atoms with E-state index in [9.17, 15) is 4.79 Å². The number of nitrogens with one attached hydrogen (secondary N) is 2. The maximum Gasteiger partial charge on any atom is 0.274 e. The predicted octanol–water partition coefficient (Wildman–Crippen LogP) is 1.96. The Bertz CT molecular complexity index is 446. The van der Waals surface area contributed by atoms with Crippen LogP contribution in [0.3, 0.4) is 0 Å². The fraction of sp³-hybridized carbons (Fsp3) is 0.692. The number of carbonyl (C=O) groups is 1. The SMILES string of the molecule is CCSC1CCCC1NC(=O)c1n[nH]c(CC)c1N. The molecule has 2 unspecified atom stereocenters. The van der Waals surface area contributed by atoms with Crippen molar-refractivity contribution >= 4 is 23.4 Å². The smallest absolute Gasteiger partial charge is 0.274 e. The molecule has 2 atom stereocenters. The summed E-state index contributed by atoms with van der Waals surface area (Å²) in [7, 11) is 0. The highest BCUT2D eigenvalue weighted by Gasteiger charge is 2.29. The number of hydrogen-bond donors (Lipinski definition) is 3. The van der Waals surface area contributed by atoms with E-state index in [1.54, 1.807) is 0 Å². The number of anilines is 1. The standard InChI is InChI=1S/C13H22N4OS/c1-3-8-11(14)12(17-16-8)13(18)15-9-6-5-7-10(9)19-4-2/h9-10H,3-7,14H2,1-2H3,(H,15,18)(H,16,17). The van der Waals surface area contributed by atoms with Crippen LogP contribution in [0.25, 0.3) is 0 Å². The molecule has 1 aromatic heterocycles. The van der Waals surface area contributed by atoms with Crippen molar-refractivity contribution < 1.29 is 4.79 Å². The van der Waals surface area contributed by atoms with Crippen molar-refractivity contribution in [2.45, 2.75) is 50.8 Å². The Labute approximate surface area is 118 Å². The second-order valence-electron chi connectivity index (χ2n) is 4.82. The van der Waals surface area contributed by atoms with Gasteiger partial charge >= 0.3 is 0 Å². The van der Waals surface area contributed by atoms with Crippen LogP contribution in [-0.2, 0) is 6.42 Å². The van der Waals surface area contributed by atoms with Crippen LogP contribution >= 0.6 is 11.8 Å². The summed E-state index contributed by atoms with van der Waals surface area (Å²) in [5.41, 5.74) is 7.57. The minimum absolute atomic E-state index is 0.151. The number of nitrogens with two attached hydrogens (primary N) is 1. The van der Waals surface area contributed by atoms with E-state index >= 15 is 0 Å². The first-order valence-electron chi connectivity index (χ1n) is 6.92. The monoisotopic (exact) mass is 282 g/mol. The highest BCUT2D eigenvalue weighted by atomic mass is 32.2. The van der Waals surface area contributed by atoms with Crippen LogP contribution in [0.1, 0.15) is 49.3 Å². The molecular weight excluding hydrogens is 260 g/mol. The number of aryl methyl sites for hydroxylation is 1. The van der Waals surface area contributed by atoms with Crippen LogP contribution in [0.5, 0.6) is 0 Å². The lowest BCUT2D eigenvalue weighted by Crippen LogP contribution is -2.39. The molecule has 4 N–H and O–H groups in total. The van der Waals surface area contributed by atoms with Crippen LogP contribution in [0.4, 0.5) is 5.69 Å². The molecule has 1 aromatic rings. The van der Waals surface area contributed by atoms with Gasteiger partial charge in [0.25, 0.3) is 5.91 Å². The van der Waals surface area contributed by atoms with E-state index in [-0.39, 0.29) is 11.9 Å². The van der Waals surface area contributed by atoms with Crippen LogP contribution in [0, 0.1) is 0 Å². The molecule has 0 saturated heterocycles. The Kier molecular flexibility index (Phi) is 4.74. The third-order valence-electron chi connectivity index (χ3n) is 3.60. The molecule has 1 aliphatic carbocycles. The Balaban J connectivity index is 2.02. The number of amides is 1. The molecule has 6 heteroatoms. The van der Waals surface area contributed by atoms with E-state index in [2.05, 4.69) is 22.4 Å². The summed E-state index contributed by atoms with van der Waals surface area (Å²) in [5, 5.41) is 10.5. The molecular formula is C13H22N4OS. The molecule has 1 aliphatic rings. The number of H-pyrrole nitrogens is 1. The summed E-state index contributed by atoms with van der Waals surface area (Å²) < 4.78 is 0. The summed E-state index contributed by atoms with van der Waals surface area (Å²) in [5.74, 6) is 0.934. The number of carbonyl (C=O) groups excluding carboxylic acids is 1. The highest BCUT2D eigenvalue weighted by Crippen LogP contribution is 2.30. The van der Waals surface area contributed by atoms with Gasteiger partial charge in [-0.05, 0) is 25.0 Å². The van der Waals surface area contributed by atoms with Gasteiger partial charge in [-0.2, -0.15) is 16.9 Å². The maximum absolute atomic E-state index is 12.2. The molecule has 1 fully saturated rings. The summed E-state index contributed by atoms with van der Waals surface area (Å²) >= 11 is 1.92. The lowest BCUT2D eigenvalue weighted by Gasteiger charge is -2.19. The third kappa shape index (κ3) is 3.05. The van der Waals surface area contributed by atoms with Crippen LogP contribution in [0.2, 0.25) is 0 Å². The van der Waals surface area contributed by atoms with E-state index in [1.807, 2.05) is 18.7 Å². The first kappa shape index (κ1) is 14.2. The van der Waals surface area contributed by atoms with Gasteiger partial charge in [0.1, 0.15) is 0 Å². The average molecular weight is 282 g/mol. The van der Waals surface area contributed by atoms with Gasteiger partial charge in [-0.1, -0.05) is 20.3 Å². The van der Waals surface area contributed by atoms with Crippen molar-refractivity contribution in [1.29, 1.82) is 0 Å². The van der Waals surface area contributed by atoms with Crippen LogP contribution in [-0.4, -0.2) is 33.1 Å². The van der Waals surface area contributed by atoms with E-state index in [0.717, 1.165) is 24.3 Å². The van der Waals surface area contributed by atoms with Gasteiger partial charge < -0.3 is 11.1 Å². The van der Waals surface area contributed by atoms with Gasteiger partial charge in [0.2, 0.25) is 0 Å². The van der Waals surface area contributed by atoms with Crippen LogP contribution < -0.4 is 11.1 Å². The largest absolute Gasteiger partial charge is 0.395 e. The maximum atomic E-state index is 12.2. The lowest BCUT2D eigenvalue weighted by atomic mass is 10.2. The molecule has 0 radical (unpaired) electrons. The zero-order valence-electron chi connectivity index (χ0n) is 11.5. The van der Waals surface area contributed by atoms with E-state index in [1.165, 1.54) is 12.8 Å². The molecule has 1 amide bonds. The van der Waals surface area contributed by atoms with Crippen molar-refractivity contribution in [3.05, 3.63) is 11.4 Å². The molecule has 106 valence electrons. The van der Waals surface area contributed by atoms with E-state index < -0.39 is 0 Å². The number of aromatic amines is 1. The van der Waals surface area contributed by atoms with Gasteiger partial charge in [0.15, 0.2) is 5.69 Å². The molecule has 19 heavy (non-hydrogen) atoms. The minimum atomic E-state index is -0.151. The first-order valence-corrected chi connectivity index (χ1v) is 7.97. The second kappa shape index (κ2) is 6.32. The molecule has 2 rings (SSSR count). The summed E-state index contributed by atoms with van der Waals surface area (Å²) in [6, 6.07) is 0.249. The molecule has 5 nitrogen and oxygen atoms in total. The van der Waals surface area contributed by atoms with E-state index in [0.29, 0.717) is 16.6 Å². The minimum Gasteiger partial charge on any atom is -0.395 e. The van der Waals surface area contributed by atoms with Crippen molar-refractivity contribution in [2.75, 3.05) is 11.5 Å². The number of rotatable bonds is 5. The molecule has 1 heterocycles. The van der Waals surface area contributed by atoms with Gasteiger partial charge in [0.05, 0.1) is 11.4 Å². The second-order valence-corrected chi connectivity index (χ2v) is 6.34. The number of hydrogen-bond acceptors (Lipinski definition) is 4. The van der Waals surface area contributed by atoms with Crippen molar-refractivity contribution in [3.8, 4) is 0 Å². The topological polar surface area (TPSA) is 83.8 Å². The van der Waals surface area contributed by atoms with Crippen molar-refractivity contribution in [3.63, 3.8) is 0 Å². The third-order valence-corrected chi connectivity index (χ3v) is 4.93. The zero-order valence-corrected chi connectivity index (χ0v) is 12.3. The summed E-state index contributed by atoms with van der Waals surface area (Å²) in [6.45, 7) is 4.14. The van der Waals surface area contributed by atoms with Crippen molar-refractivity contribution in [2.24, 2.45) is 0 Å². The normalized spacial score (nSPS) is 22.6. The van der Waals surface area contributed by atoms with Gasteiger partial charge in [-0.25, -0.2) is 0 Å². The fourth-order valence-electron chi connectivity index (χ4n) is 2.57. The fourth-order valence-corrected chi connectivity index (χ4v) is 3.77. The van der Waals surface area contributed by atoms with E-state index in [4.69, 9.17) is 5.73 Å². The average Bonchev–Trinajstić information content (AvgIpc) is 2.97. The number of aromatic nitrogens is 2. The van der Waals surface area contributed by atoms with Crippen LogP contribution in [0.15, 0.2) is 0 Å². The predicted molar refractivity (Wildman–Crippen MR) is 79.4 cm³/mol. The molecule has 0 aliphatic heterocycles. The lowest BCUT2D eigenvalue weighted by molar-refractivity contribution is 0.0934.